The van der Waals surface area contributed by atoms with Gasteiger partial charge in [0.1, 0.15) is 18.8 Å². The lowest BCUT2D eigenvalue weighted by Gasteiger charge is -2.43. The molecular formula is C28H36N6O5. The summed E-state index contributed by atoms with van der Waals surface area (Å²) in [6.45, 7) is 6.31. The van der Waals surface area contributed by atoms with Crippen LogP contribution in [0.5, 0.6) is 11.5 Å². The van der Waals surface area contributed by atoms with Crippen molar-refractivity contribution in [3.63, 3.8) is 0 Å². The van der Waals surface area contributed by atoms with Gasteiger partial charge >= 0.3 is 0 Å². The molecule has 2 aliphatic heterocycles. The molecule has 3 heterocycles. The molecule has 0 atom stereocenters. The molecule has 5 rings (SSSR count). The van der Waals surface area contributed by atoms with E-state index in [1.807, 2.05) is 4.90 Å². The molecule has 11 heteroatoms. The highest BCUT2D eigenvalue weighted by atomic mass is 16.5. The second-order valence-corrected chi connectivity index (χ2v) is 10.1. The van der Waals surface area contributed by atoms with Crippen molar-refractivity contribution in [3.05, 3.63) is 42.0 Å². The monoisotopic (exact) mass is 536 g/mol. The third-order valence-electron chi connectivity index (χ3n) is 7.64. The first-order valence-electron chi connectivity index (χ1n) is 13.4. The Balaban J connectivity index is 1.26. The standard InChI is InChI=1S/C28H36N6O5/c1-32-6-4-19(5-7-32)33-8-10-34(11-9-33)23-17-24(35)22(15-25(23)36)31-28-20-14-26(38-3)27(39-13-12-37-2)16-21(20)29-18-30-28/h14-19H,4-13H2,1-3H3,(H,29,30,31). The molecule has 0 saturated carbocycles. The van der Waals surface area contributed by atoms with Crippen LogP contribution < -0.4 is 14.8 Å². The van der Waals surface area contributed by atoms with Gasteiger partial charge in [-0.2, -0.15) is 0 Å². The van der Waals surface area contributed by atoms with Crippen LogP contribution in [-0.2, 0) is 14.3 Å². The van der Waals surface area contributed by atoms with Crippen LogP contribution in [0.15, 0.2) is 42.0 Å². The molecule has 1 aromatic heterocycles. The van der Waals surface area contributed by atoms with Crippen LogP contribution in [0.1, 0.15) is 12.8 Å². The lowest BCUT2D eigenvalue weighted by atomic mass is 10.0. The van der Waals surface area contributed by atoms with E-state index in [9.17, 15) is 9.59 Å². The Morgan fingerprint density at radius 3 is 2.41 bits per heavy atom. The summed E-state index contributed by atoms with van der Waals surface area (Å²) in [4.78, 5) is 41.8. The number of carbonyl (C=O) groups is 2. The Bertz CT molecular complexity index is 1280. The SMILES string of the molecule is COCCOc1cc2ncnc(NC3=CC(=O)C(N4CCN(C5CCN(C)CC5)CC4)=CC3=O)c2cc1OC. The van der Waals surface area contributed by atoms with Gasteiger partial charge in [0.2, 0.25) is 11.6 Å². The van der Waals surface area contributed by atoms with Crippen LogP contribution >= 0.6 is 0 Å². The van der Waals surface area contributed by atoms with Crippen molar-refractivity contribution in [1.29, 1.82) is 0 Å². The molecule has 0 spiro atoms. The summed E-state index contributed by atoms with van der Waals surface area (Å²) in [5.74, 6) is 0.976. The van der Waals surface area contributed by atoms with E-state index in [1.165, 1.54) is 31.3 Å². The number of hydrogen-bond acceptors (Lipinski definition) is 11. The number of allylic oxidation sites excluding steroid dienone is 2. The van der Waals surface area contributed by atoms with E-state index >= 15 is 0 Å². The van der Waals surface area contributed by atoms with Gasteiger partial charge in [-0.25, -0.2) is 9.97 Å². The average Bonchev–Trinajstić information content (AvgIpc) is 2.95. The van der Waals surface area contributed by atoms with Gasteiger partial charge in [0.05, 0.1) is 30.6 Å². The molecule has 1 aliphatic carbocycles. The molecule has 0 amide bonds. The lowest BCUT2D eigenvalue weighted by molar-refractivity contribution is -0.116. The largest absolute Gasteiger partial charge is 0.493 e. The maximum Gasteiger partial charge on any atom is 0.204 e. The van der Waals surface area contributed by atoms with Gasteiger partial charge in [0.25, 0.3) is 0 Å². The smallest absolute Gasteiger partial charge is 0.204 e. The molecule has 1 N–H and O–H groups in total. The van der Waals surface area contributed by atoms with Crippen molar-refractivity contribution in [3.8, 4) is 11.5 Å². The Morgan fingerprint density at radius 1 is 0.923 bits per heavy atom. The summed E-state index contributed by atoms with van der Waals surface area (Å²) >= 11 is 0. The van der Waals surface area contributed by atoms with Crippen LogP contribution in [0.3, 0.4) is 0 Å². The van der Waals surface area contributed by atoms with Crippen LogP contribution in [0, 0.1) is 0 Å². The molecule has 3 aliphatic rings. The number of ketones is 2. The number of ether oxygens (including phenoxy) is 3. The van der Waals surface area contributed by atoms with E-state index in [4.69, 9.17) is 14.2 Å². The summed E-state index contributed by atoms with van der Waals surface area (Å²) in [6.07, 6.45) is 6.58. The third-order valence-corrected chi connectivity index (χ3v) is 7.64. The summed E-state index contributed by atoms with van der Waals surface area (Å²) in [5, 5.41) is 3.69. The number of likely N-dealkylation sites (tertiary alicyclic amines) is 1. The van der Waals surface area contributed by atoms with Crippen molar-refractivity contribution in [2.75, 3.05) is 79.1 Å². The Morgan fingerprint density at radius 2 is 1.69 bits per heavy atom. The fraction of sp³-hybridized carbons (Fsp3) is 0.500. The normalized spacial score (nSPS) is 19.7. The molecule has 2 aromatic rings. The topological polar surface area (TPSA) is 109 Å². The number of nitrogens with zero attached hydrogens (tertiary/aromatic N) is 5. The highest BCUT2D eigenvalue weighted by Crippen LogP contribution is 2.34. The zero-order valence-electron chi connectivity index (χ0n) is 22.8. The van der Waals surface area contributed by atoms with Crippen molar-refractivity contribution < 1.29 is 23.8 Å². The summed E-state index contributed by atoms with van der Waals surface area (Å²) in [6, 6.07) is 4.11. The van der Waals surface area contributed by atoms with Crippen LogP contribution in [-0.4, -0.2) is 116 Å². The minimum absolute atomic E-state index is 0.174. The first kappa shape index (κ1) is 27.0. The number of anilines is 1. The predicted molar refractivity (Wildman–Crippen MR) is 147 cm³/mol. The number of rotatable bonds is 9. The van der Waals surface area contributed by atoms with E-state index in [2.05, 4.69) is 32.1 Å². The molecular weight excluding hydrogens is 500 g/mol. The number of nitrogens with one attached hydrogen (secondary N) is 1. The third kappa shape index (κ3) is 6.05. The maximum absolute atomic E-state index is 13.1. The zero-order valence-corrected chi connectivity index (χ0v) is 22.8. The first-order valence-corrected chi connectivity index (χ1v) is 13.4. The fourth-order valence-corrected chi connectivity index (χ4v) is 5.38. The van der Waals surface area contributed by atoms with E-state index in [0.717, 1.165) is 39.3 Å². The second-order valence-electron chi connectivity index (χ2n) is 10.1. The van der Waals surface area contributed by atoms with Crippen LogP contribution in [0.2, 0.25) is 0 Å². The van der Waals surface area contributed by atoms with E-state index < -0.39 is 0 Å². The second kappa shape index (κ2) is 12.1. The Kier molecular flexibility index (Phi) is 8.39. The number of hydrogen-bond donors (Lipinski definition) is 1. The fourth-order valence-electron chi connectivity index (χ4n) is 5.38. The van der Waals surface area contributed by atoms with E-state index in [1.54, 1.807) is 26.4 Å². The molecule has 0 radical (unpaired) electrons. The number of methoxy groups -OCH3 is 2. The number of carbonyl (C=O) groups excluding carboxylic acids is 2. The zero-order chi connectivity index (χ0) is 27.4. The van der Waals surface area contributed by atoms with Gasteiger partial charge < -0.3 is 29.3 Å². The number of fused-ring (bicyclic) bond motifs is 1. The van der Waals surface area contributed by atoms with Gasteiger partial charge in [0, 0.05) is 62.9 Å². The van der Waals surface area contributed by atoms with Crippen molar-refractivity contribution in [2.24, 2.45) is 0 Å². The molecule has 1 aromatic carbocycles. The van der Waals surface area contributed by atoms with Gasteiger partial charge in [0.15, 0.2) is 11.5 Å². The summed E-state index contributed by atoms with van der Waals surface area (Å²) in [7, 11) is 5.32. The highest BCUT2D eigenvalue weighted by Gasteiger charge is 2.30. The number of piperazine rings is 1. The number of aromatic nitrogens is 2. The first-order chi connectivity index (χ1) is 19.0. The van der Waals surface area contributed by atoms with Crippen molar-refractivity contribution >= 4 is 28.3 Å². The number of piperidine rings is 1. The quantitative estimate of drug-likeness (QED) is 0.374. The van der Waals surface area contributed by atoms with Gasteiger partial charge in [-0.05, 0) is 39.0 Å². The van der Waals surface area contributed by atoms with Crippen molar-refractivity contribution in [2.45, 2.75) is 18.9 Å². The minimum Gasteiger partial charge on any atom is -0.493 e. The van der Waals surface area contributed by atoms with Crippen LogP contribution in [0.25, 0.3) is 10.9 Å². The molecule has 2 fully saturated rings. The molecule has 0 unspecified atom stereocenters. The van der Waals surface area contributed by atoms with E-state index in [-0.39, 0.29) is 17.3 Å². The van der Waals surface area contributed by atoms with Crippen molar-refractivity contribution in [1.82, 2.24) is 24.7 Å². The molecule has 11 nitrogen and oxygen atoms in total. The summed E-state index contributed by atoms with van der Waals surface area (Å²) in [5.41, 5.74) is 1.24. The molecule has 208 valence electrons. The van der Waals surface area contributed by atoms with Gasteiger partial charge in [-0.1, -0.05) is 0 Å². The average molecular weight is 537 g/mol. The molecule has 2 saturated heterocycles. The maximum atomic E-state index is 13.1. The Hall–Kier alpha value is -3.54. The highest BCUT2D eigenvalue weighted by molar-refractivity contribution is 6.21. The van der Waals surface area contributed by atoms with E-state index in [0.29, 0.717) is 53.2 Å². The van der Waals surface area contributed by atoms with Gasteiger partial charge in [-0.3, -0.25) is 14.5 Å². The number of benzene rings is 1. The minimum atomic E-state index is -0.263. The molecule has 39 heavy (non-hydrogen) atoms. The molecule has 0 bridgehead atoms. The van der Waals surface area contributed by atoms with Gasteiger partial charge in [-0.15, -0.1) is 0 Å². The summed E-state index contributed by atoms with van der Waals surface area (Å²) < 4.78 is 16.3. The lowest BCUT2D eigenvalue weighted by Crippen LogP contribution is -2.53. The van der Waals surface area contributed by atoms with Crippen LogP contribution in [0.4, 0.5) is 5.82 Å². The predicted octanol–water partition coefficient (Wildman–Crippen LogP) is 1.71. The Labute approximate surface area is 228 Å².